The molecule has 5 atom stereocenters. The fraction of sp³-hybridized carbons (Fsp3) is 0.854. The largest absolute Gasteiger partial charge is 0.347 e. The Kier molecular flexibility index (Phi) is 11.5. The lowest BCUT2D eigenvalue weighted by Gasteiger charge is -2.39. The molecule has 0 aromatic heterocycles. The average Bonchev–Trinajstić information content (AvgIpc) is 3.93. The molecule has 13 heteroatoms. The summed E-state index contributed by atoms with van der Waals surface area (Å²) in [5, 5.41) is 11.7. The predicted octanol–water partition coefficient (Wildman–Crippen LogP) is 3.35. The molecule has 6 rings (SSSR count). The number of amides is 6. The molecule has 0 aromatic carbocycles. The highest BCUT2D eigenvalue weighted by atomic mass is 16.2. The van der Waals surface area contributed by atoms with E-state index in [4.69, 9.17) is 0 Å². The standard InChI is InChI=1S/C41H67N7O6/c1-8-13-28(31(49)34(51)42-27-16-17-27)43-33(50)29-24-41(39(5,6)40(41)18-12-19-40)25-48(29)36(53)32(38(2,3)4)45-37(54)44-30(26-14-10-9-11-15-26)35(52)47-22-20-46(7)21-23-47/h26-30,32H,8-25H2,1-7H3,(H,42,51)(H,43,50)(H2,44,45,54)/t28-,29-,30-,32+,41+/m0/s1. The highest BCUT2D eigenvalue weighted by Gasteiger charge is 2.85. The number of piperazine rings is 1. The number of carbonyl (C=O) groups excluding carboxylic acids is 6. The first-order valence-corrected chi connectivity index (χ1v) is 21.0. The van der Waals surface area contributed by atoms with Gasteiger partial charge in [-0.25, -0.2) is 4.79 Å². The van der Waals surface area contributed by atoms with Crippen molar-refractivity contribution in [1.29, 1.82) is 0 Å². The highest BCUT2D eigenvalue weighted by molar-refractivity contribution is 6.38. The third-order valence-corrected chi connectivity index (χ3v) is 14.6. The molecule has 2 heterocycles. The molecule has 4 saturated carbocycles. The quantitative estimate of drug-likeness (QED) is 0.223. The second kappa shape index (κ2) is 15.4. The number of fused-ring (bicyclic) bond motifs is 1. The molecule has 2 spiro atoms. The Balaban J connectivity index is 1.22. The molecule has 54 heavy (non-hydrogen) atoms. The number of likely N-dealkylation sites (N-methyl/N-ethyl adjacent to an activating group) is 1. The van der Waals surface area contributed by atoms with E-state index in [0.717, 1.165) is 77.3 Å². The van der Waals surface area contributed by atoms with Gasteiger partial charge in [-0.05, 0) is 80.6 Å². The van der Waals surface area contributed by atoms with Crippen molar-refractivity contribution in [3.8, 4) is 0 Å². The van der Waals surface area contributed by atoms with Crippen molar-refractivity contribution in [3.05, 3.63) is 0 Å². The summed E-state index contributed by atoms with van der Waals surface area (Å²) in [6.07, 6.45) is 11.1. The first-order chi connectivity index (χ1) is 25.5. The molecule has 0 unspecified atom stereocenters. The average molecular weight is 754 g/mol. The Hall–Kier alpha value is -3.22. The maximum absolute atomic E-state index is 15.0. The van der Waals surface area contributed by atoms with E-state index in [9.17, 15) is 28.8 Å². The summed E-state index contributed by atoms with van der Waals surface area (Å²) in [5.74, 6) is -2.16. The monoisotopic (exact) mass is 754 g/mol. The number of carbonyl (C=O) groups is 6. The van der Waals surface area contributed by atoms with Crippen LogP contribution in [-0.2, 0) is 24.0 Å². The minimum absolute atomic E-state index is 0.0138. The van der Waals surface area contributed by atoms with Crippen molar-refractivity contribution >= 4 is 35.4 Å². The number of Topliss-reactive ketones (excluding diaryl/α,β-unsaturated/α-hetero) is 1. The maximum atomic E-state index is 15.0. The lowest BCUT2D eigenvalue weighted by atomic mass is 9.73. The van der Waals surface area contributed by atoms with Crippen LogP contribution in [0, 0.1) is 27.6 Å². The zero-order valence-electron chi connectivity index (χ0n) is 34.0. The van der Waals surface area contributed by atoms with Crippen LogP contribution in [0.2, 0.25) is 0 Å². The fourth-order valence-corrected chi connectivity index (χ4v) is 10.7. The number of likely N-dealkylation sites (tertiary alicyclic amines) is 1. The molecule has 13 nitrogen and oxygen atoms in total. The van der Waals surface area contributed by atoms with Gasteiger partial charge in [-0.15, -0.1) is 0 Å². The number of nitrogens with one attached hydrogen (secondary N) is 4. The van der Waals surface area contributed by atoms with Crippen molar-refractivity contribution in [2.45, 2.75) is 155 Å². The number of ketones is 1. The first-order valence-electron chi connectivity index (χ1n) is 21.0. The molecule has 2 saturated heterocycles. The summed E-state index contributed by atoms with van der Waals surface area (Å²) < 4.78 is 0. The minimum Gasteiger partial charge on any atom is -0.347 e. The first kappa shape index (κ1) is 40.4. The second-order valence-corrected chi connectivity index (χ2v) is 19.2. The second-order valence-electron chi connectivity index (χ2n) is 19.2. The third-order valence-electron chi connectivity index (χ3n) is 14.6. The summed E-state index contributed by atoms with van der Waals surface area (Å²) in [5.41, 5.74) is -1.06. The summed E-state index contributed by atoms with van der Waals surface area (Å²) in [4.78, 5) is 89.2. The Morgan fingerprint density at radius 1 is 0.796 bits per heavy atom. The molecule has 4 N–H and O–H groups in total. The van der Waals surface area contributed by atoms with Crippen LogP contribution in [0.1, 0.15) is 125 Å². The van der Waals surface area contributed by atoms with E-state index in [2.05, 4.69) is 40.0 Å². The van der Waals surface area contributed by atoms with Gasteiger partial charge in [0.2, 0.25) is 23.5 Å². The van der Waals surface area contributed by atoms with E-state index in [1.807, 2.05) is 39.6 Å². The van der Waals surface area contributed by atoms with Crippen molar-refractivity contribution in [3.63, 3.8) is 0 Å². The summed E-state index contributed by atoms with van der Waals surface area (Å²) in [6.45, 7) is 15.2. The van der Waals surface area contributed by atoms with Crippen LogP contribution < -0.4 is 21.3 Å². The van der Waals surface area contributed by atoms with Gasteiger partial charge in [-0.2, -0.15) is 0 Å². The molecule has 0 bridgehead atoms. The zero-order valence-corrected chi connectivity index (χ0v) is 34.0. The molecule has 0 radical (unpaired) electrons. The number of nitrogens with zero attached hydrogens (tertiary/aromatic N) is 3. The van der Waals surface area contributed by atoms with Crippen LogP contribution in [0.15, 0.2) is 0 Å². The summed E-state index contributed by atoms with van der Waals surface area (Å²) in [7, 11) is 2.04. The number of hydrogen-bond donors (Lipinski definition) is 4. The third kappa shape index (κ3) is 7.51. The molecule has 6 fully saturated rings. The van der Waals surface area contributed by atoms with Gasteiger partial charge in [0.15, 0.2) is 0 Å². The minimum atomic E-state index is -0.995. The van der Waals surface area contributed by atoms with Crippen LogP contribution in [0.3, 0.4) is 0 Å². The predicted molar refractivity (Wildman–Crippen MR) is 205 cm³/mol. The summed E-state index contributed by atoms with van der Waals surface area (Å²) >= 11 is 0. The van der Waals surface area contributed by atoms with Crippen LogP contribution in [0.5, 0.6) is 0 Å². The van der Waals surface area contributed by atoms with Gasteiger partial charge in [-0.1, -0.05) is 73.6 Å². The van der Waals surface area contributed by atoms with E-state index < -0.39 is 53.2 Å². The van der Waals surface area contributed by atoms with Crippen molar-refractivity contribution in [2.75, 3.05) is 39.8 Å². The van der Waals surface area contributed by atoms with E-state index in [0.29, 0.717) is 38.9 Å². The molecule has 6 amide bonds. The van der Waals surface area contributed by atoms with E-state index in [1.54, 1.807) is 4.90 Å². The smallest absolute Gasteiger partial charge is 0.316 e. The number of rotatable bonds is 12. The lowest BCUT2D eigenvalue weighted by molar-refractivity contribution is -0.144. The molecule has 0 aromatic rings. The molecular formula is C41H67N7O6. The molecule has 2 aliphatic heterocycles. The van der Waals surface area contributed by atoms with Crippen molar-refractivity contribution < 1.29 is 28.8 Å². The van der Waals surface area contributed by atoms with Crippen LogP contribution in [0.25, 0.3) is 0 Å². The summed E-state index contributed by atoms with van der Waals surface area (Å²) in [6, 6.07) is -4.08. The zero-order chi connectivity index (χ0) is 39.2. The van der Waals surface area contributed by atoms with Gasteiger partial charge in [0.1, 0.15) is 18.1 Å². The Labute approximate surface area is 322 Å². The molecule has 6 aliphatic rings. The molecular weight excluding hydrogens is 686 g/mol. The van der Waals surface area contributed by atoms with Gasteiger partial charge < -0.3 is 36.0 Å². The molecule has 4 aliphatic carbocycles. The fourth-order valence-electron chi connectivity index (χ4n) is 10.7. The maximum Gasteiger partial charge on any atom is 0.316 e. The lowest BCUT2D eigenvalue weighted by Crippen LogP contribution is -2.62. The van der Waals surface area contributed by atoms with Gasteiger partial charge in [0.25, 0.3) is 5.91 Å². The van der Waals surface area contributed by atoms with Gasteiger partial charge in [0.05, 0.1) is 6.04 Å². The van der Waals surface area contributed by atoms with Gasteiger partial charge in [-0.3, -0.25) is 24.0 Å². The highest BCUT2D eigenvalue weighted by Crippen LogP contribution is 2.88. The van der Waals surface area contributed by atoms with Crippen LogP contribution >= 0.6 is 0 Å². The SMILES string of the molecule is CCC[C@H](NC(=O)[C@@H]1C[C@@]2(CN1C(=O)[C@@H](NC(=O)N[C@H](C(=O)N1CCN(C)CC1)C1CCCCC1)C(C)(C)C)C(C)(C)C21CCC1)C(=O)C(=O)NC1CC1. The van der Waals surface area contributed by atoms with E-state index in [-0.39, 0.29) is 40.0 Å². The Morgan fingerprint density at radius 2 is 1.44 bits per heavy atom. The van der Waals surface area contributed by atoms with Crippen LogP contribution in [0.4, 0.5) is 4.79 Å². The normalized spacial score (nSPS) is 28.1. The van der Waals surface area contributed by atoms with E-state index in [1.165, 1.54) is 0 Å². The molecule has 302 valence electrons. The van der Waals surface area contributed by atoms with Crippen LogP contribution in [-0.4, -0.2) is 120 Å². The Bertz CT molecular complexity index is 1470. The van der Waals surface area contributed by atoms with Crippen molar-refractivity contribution in [2.24, 2.45) is 27.6 Å². The van der Waals surface area contributed by atoms with E-state index >= 15 is 0 Å². The Morgan fingerprint density at radius 3 is 1.98 bits per heavy atom. The van der Waals surface area contributed by atoms with Gasteiger partial charge >= 0.3 is 6.03 Å². The topological polar surface area (TPSA) is 160 Å². The number of hydrogen-bond acceptors (Lipinski definition) is 7. The van der Waals surface area contributed by atoms with Gasteiger partial charge in [0, 0.05) is 44.2 Å². The number of urea groups is 1. The van der Waals surface area contributed by atoms with Crippen molar-refractivity contribution in [1.82, 2.24) is 36.0 Å².